The maximum absolute atomic E-state index is 7.30. The Morgan fingerprint density at radius 3 is 1.15 bits per heavy atom. The summed E-state index contributed by atoms with van der Waals surface area (Å²) in [4.78, 5) is 0. The first kappa shape index (κ1) is 27.5. The van der Waals surface area contributed by atoms with Gasteiger partial charge in [0, 0.05) is 0 Å². The second-order valence-electron chi connectivity index (χ2n) is 10.8. The summed E-state index contributed by atoms with van der Waals surface area (Å²) in [6.45, 7) is 14.0. The molecule has 0 aliphatic carbocycles. The van der Waals surface area contributed by atoms with E-state index in [1.54, 1.807) is 0 Å². The summed E-state index contributed by atoms with van der Waals surface area (Å²) in [6, 6.07) is 31.5. The van der Waals surface area contributed by atoms with Crippen LogP contribution in [0.1, 0.15) is 41.5 Å². The van der Waals surface area contributed by atoms with Gasteiger partial charge >= 0.3 is 215 Å². The van der Waals surface area contributed by atoms with Crippen LogP contribution in [-0.2, 0) is 13.4 Å². The molecule has 0 saturated carbocycles. The predicted molar refractivity (Wildman–Crippen MR) is 150 cm³/mol. The summed E-state index contributed by atoms with van der Waals surface area (Å²) in [5.41, 5.74) is -0.0617. The van der Waals surface area contributed by atoms with Gasteiger partial charge in [-0.25, -0.2) is 0 Å². The first-order chi connectivity index (χ1) is 15.9. The van der Waals surface area contributed by atoms with Crippen LogP contribution in [0.15, 0.2) is 91.0 Å². The second kappa shape index (κ2) is 11.3. The molecule has 0 aliphatic heterocycles. The molecule has 0 radical (unpaired) electrons. The molecule has 0 aromatic heterocycles. The second-order valence-corrected chi connectivity index (χ2v) is 18.5. The van der Waals surface area contributed by atoms with Crippen LogP contribution >= 0.6 is 13.7 Å². The van der Waals surface area contributed by atoms with E-state index in [1.807, 2.05) is 18.2 Å². The van der Waals surface area contributed by atoms with Crippen molar-refractivity contribution in [1.82, 2.24) is 0 Å². The molecule has 0 atom stereocenters. The molecule has 0 spiro atoms. The summed E-state index contributed by atoms with van der Waals surface area (Å²) in [5.74, 6) is 0. The molecule has 0 unspecified atom stereocenters. The van der Waals surface area contributed by atoms with Crippen molar-refractivity contribution in [3.8, 4) is 0 Å². The van der Waals surface area contributed by atoms with Gasteiger partial charge in [-0.15, -0.1) is 0 Å². The number of rotatable bonds is 9. The molecule has 3 aromatic rings. The van der Waals surface area contributed by atoms with Gasteiger partial charge in [-0.1, -0.05) is 0 Å². The number of hydrogen-bond donors (Lipinski definition) is 0. The molecule has 182 valence electrons. The molecule has 0 aliphatic rings. The van der Waals surface area contributed by atoms with Gasteiger partial charge in [0.05, 0.1) is 0 Å². The Morgan fingerprint density at radius 1 is 0.588 bits per heavy atom. The molecular weight excluding hydrogens is 525 g/mol. The van der Waals surface area contributed by atoms with Crippen molar-refractivity contribution in [3.63, 3.8) is 0 Å². The average Bonchev–Trinajstić information content (AvgIpc) is 2.81. The molecule has 3 aromatic carbocycles. The Bertz CT molecular complexity index is 957. The Kier molecular flexibility index (Phi) is 9.16. The van der Waals surface area contributed by atoms with E-state index in [1.165, 1.54) is 0 Å². The molecule has 0 fully saturated rings. The van der Waals surface area contributed by atoms with Gasteiger partial charge in [0.1, 0.15) is 0 Å². The topological polar surface area (TPSA) is 27.7 Å². The predicted octanol–water partition coefficient (Wildman–Crippen LogP) is 6.88. The first-order valence-electron chi connectivity index (χ1n) is 11.6. The molecule has 34 heavy (non-hydrogen) atoms. The zero-order valence-electron chi connectivity index (χ0n) is 21.1. The number of benzene rings is 3. The standard InChI is InChI=1S/C28H37O3P2Se/c1-27(2,3)22-29-33(34,30-23-28(4,5)6)31-32(24-16-10-7-11-17-24,25-18-12-8-13-19-25)26-20-14-9-15-21-26/h7-21H,22-23H2,1-6H3/q+1. The van der Waals surface area contributed by atoms with Crippen LogP contribution < -0.4 is 15.9 Å². The molecular formula is C28H37O3P2Se+. The van der Waals surface area contributed by atoms with E-state index in [2.05, 4.69) is 129 Å². The van der Waals surface area contributed by atoms with Crippen LogP contribution in [0.2, 0.25) is 0 Å². The van der Waals surface area contributed by atoms with E-state index in [0.717, 1.165) is 15.9 Å². The summed E-state index contributed by atoms with van der Waals surface area (Å²) in [6.07, 6.45) is -2.86. The fourth-order valence-electron chi connectivity index (χ4n) is 3.28. The van der Waals surface area contributed by atoms with Gasteiger partial charge in [0.15, 0.2) is 0 Å². The van der Waals surface area contributed by atoms with Crippen LogP contribution in [0.3, 0.4) is 0 Å². The van der Waals surface area contributed by atoms with Crippen LogP contribution in [0.4, 0.5) is 0 Å². The third kappa shape index (κ3) is 7.46. The van der Waals surface area contributed by atoms with Crippen LogP contribution in [-0.4, -0.2) is 28.3 Å². The van der Waals surface area contributed by atoms with E-state index >= 15 is 0 Å². The van der Waals surface area contributed by atoms with Crippen molar-refractivity contribution in [3.05, 3.63) is 91.0 Å². The van der Waals surface area contributed by atoms with Crippen LogP contribution in [0.25, 0.3) is 0 Å². The van der Waals surface area contributed by atoms with E-state index in [-0.39, 0.29) is 10.8 Å². The minimum atomic E-state index is -2.86. The quantitative estimate of drug-likeness (QED) is 0.210. The maximum atomic E-state index is 7.30. The Hall–Kier alpha value is -1.08. The Balaban J connectivity index is 2.22. The fourth-order valence-corrected chi connectivity index (χ4v) is 12.4. The van der Waals surface area contributed by atoms with Crippen LogP contribution in [0, 0.1) is 10.8 Å². The zero-order chi connectivity index (χ0) is 24.9. The molecule has 0 saturated heterocycles. The van der Waals surface area contributed by atoms with Crippen LogP contribution in [0.5, 0.6) is 0 Å². The fraction of sp³-hybridized carbons (Fsp3) is 0.357. The van der Waals surface area contributed by atoms with Crippen molar-refractivity contribution in [2.24, 2.45) is 10.8 Å². The monoisotopic (exact) mass is 563 g/mol. The summed E-state index contributed by atoms with van der Waals surface area (Å²) < 4.78 is 20.4. The molecule has 3 nitrogen and oxygen atoms in total. The molecule has 0 heterocycles. The van der Waals surface area contributed by atoms with Gasteiger partial charge in [-0.3, -0.25) is 0 Å². The van der Waals surface area contributed by atoms with E-state index < -0.39 is 13.7 Å². The van der Waals surface area contributed by atoms with E-state index in [0.29, 0.717) is 13.2 Å². The summed E-state index contributed by atoms with van der Waals surface area (Å²) in [7, 11) is -2.57. The molecule has 3 rings (SSSR count). The average molecular weight is 563 g/mol. The van der Waals surface area contributed by atoms with Gasteiger partial charge < -0.3 is 0 Å². The Labute approximate surface area is 214 Å². The van der Waals surface area contributed by atoms with Gasteiger partial charge in [0.2, 0.25) is 0 Å². The van der Waals surface area contributed by atoms with Gasteiger partial charge in [-0.2, -0.15) is 0 Å². The van der Waals surface area contributed by atoms with Gasteiger partial charge in [-0.05, 0) is 0 Å². The minimum absolute atomic E-state index is 0.0309. The summed E-state index contributed by atoms with van der Waals surface area (Å²) >= 11 is 3.27. The van der Waals surface area contributed by atoms with Crippen molar-refractivity contribution in [1.29, 1.82) is 0 Å². The van der Waals surface area contributed by atoms with Crippen molar-refractivity contribution in [2.45, 2.75) is 41.5 Å². The summed E-state index contributed by atoms with van der Waals surface area (Å²) in [5, 5.41) is 3.39. The molecule has 6 heteroatoms. The third-order valence-electron chi connectivity index (χ3n) is 4.89. The van der Waals surface area contributed by atoms with Crippen molar-refractivity contribution >= 4 is 44.7 Å². The Morgan fingerprint density at radius 2 is 0.882 bits per heavy atom. The van der Waals surface area contributed by atoms with E-state index in [4.69, 9.17) is 13.4 Å². The third-order valence-corrected chi connectivity index (χ3v) is 13.2. The SMILES string of the molecule is CC(C)(C)COP(=[Se])(OCC(C)(C)C)O[P+](c1ccccc1)(c1ccccc1)c1ccccc1. The van der Waals surface area contributed by atoms with E-state index in [9.17, 15) is 0 Å². The molecule has 0 N–H and O–H groups in total. The zero-order valence-corrected chi connectivity index (χ0v) is 24.6. The molecule has 0 amide bonds. The van der Waals surface area contributed by atoms with Gasteiger partial charge in [0.25, 0.3) is 0 Å². The van der Waals surface area contributed by atoms with Crippen molar-refractivity contribution in [2.75, 3.05) is 13.2 Å². The molecule has 0 bridgehead atoms. The first-order valence-corrected chi connectivity index (χ1v) is 17.1. The van der Waals surface area contributed by atoms with Crippen molar-refractivity contribution < 1.29 is 13.4 Å². The normalized spacial score (nSPS) is 13.1. The number of hydrogen-bond acceptors (Lipinski definition) is 3.